The van der Waals surface area contributed by atoms with Crippen LogP contribution in [0.25, 0.3) is 0 Å². The molecule has 2 amide bonds. The van der Waals surface area contributed by atoms with Crippen molar-refractivity contribution in [1.82, 2.24) is 15.1 Å². The quantitative estimate of drug-likeness (QED) is 0.518. The van der Waals surface area contributed by atoms with E-state index in [0.29, 0.717) is 19.6 Å². The van der Waals surface area contributed by atoms with Crippen molar-refractivity contribution in [2.24, 2.45) is 0 Å². The van der Waals surface area contributed by atoms with E-state index >= 15 is 0 Å². The Morgan fingerprint density at radius 2 is 1.94 bits per heavy atom. The predicted molar refractivity (Wildman–Crippen MR) is 61.9 cm³/mol. The number of carbonyl (C=O) groups is 2. The van der Waals surface area contributed by atoms with Gasteiger partial charge in [0.2, 0.25) is 0 Å². The summed E-state index contributed by atoms with van der Waals surface area (Å²) in [4.78, 5) is 26.9. The summed E-state index contributed by atoms with van der Waals surface area (Å²) < 4.78 is 0. The maximum Gasteiger partial charge on any atom is 0.311 e. The average Bonchev–Trinajstić information content (AvgIpc) is 2.35. The van der Waals surface area contributed by atoms with Gasteiger partial charge in [-0.25, -0.2) is 0 Å². The van der Waals surface area contributed by atoms with Crippen molar-refractivity contribution in [3.05, 3.63) is 12.7 Å². The second-order valence-electron chi connectivity index (χ2n) is 3.73. The highest BCUT2D eigenvalue weighted by atomic mass is 16.2. The van der Waals surface area contributed by atoms with E-state index in [1.54, 1.807) is 11.0 Å². The number of rotatable bonds is 3. The Morgan fingerprint density at radius 1 is 1.31 bits per heavy atom. The van der Waals surface area contributed by atoms with Crippen LogP contribution in [0.15, 0.2) is 12.7 Å². The van der Waals surface area contributed by atoms with Crippen LogP contribution >= 0.6 is 0 Å². The molecule has 1 aliphatic heterocycles. The maximum absolute atomic E-state index is 11.7. The number of amides is 2. The van der Waals surface area contributed by atoms with Gasteiger partial charge in [0.05, 0.1) is 0 Å². The Bertz CT molecular complexity index is 270. The van der Waals surface area contributed by atoms with E-state index in [9.17, 15) is 9.59 Å². The van der Waals surface area contributed by atoms with Gasteiger partial charge in [0.15, 0.2) is 0 Å². The van der Waals surface area contributed by atoms with Gasteiger partial charge >= 0.3 is 11.8 Å². The molecule has 0 bridgehead atoms. The molecule has 0 atom stereocenters. The fourth-order valence-corrected chi connectivity index (χ4v) is 1.65. The maximum atomic E-state index is 11.7. The topological polar surface area (TPSA) is 52.7 Å². The number of carbonyl (C=O) groups excluding carboxylic acids is 2. The molecule has 0 aromatic rings. The van der Waals surface area contributed by atoms with Gasteiger partial charge in [-0.3, -0.25) is 9.59 Å². The molecule has 0 saturated carbocycles. The molecule has 0 unspecified atom stereocenters. The molecule has 0 radical (unpaired) electrons. The largest absolute Gasteiger partial charge is 0.344 e. The van der Waals surface area contributed by atoms with Crippen LogP contribution in [0.1, 0.15) is 6.92 Å². The first kappa shape index (κ1) is 12.7. The molecule has 1 N–H and O–H groups in total. The summed E-state index contributed by atoms with van der Waals surface area (Å²) in [7, 11) is 0. The third-order valence-electron chi connectivity index (χ3n) is 2.71. The van der Waals surface area contributed by atoms with Gasteiger partial charge in [0.25, 0.3) is 0 Å². The van der Waals surface area contributed by atoms with Crippen LogP contribution in [0.3, 0.4) is 0 Å². The summed E-state index contributed by atoms with van der Waals surface area (Å²) >= 11 is 0. The van der Waals surface area contributed by atoms with Crippen LogP contribution < -0.4 is 5.32 Å². The lowest BCUT2D eigenvalue weighted by atomic mass is 10.3. The van der Waals surface area contributed by atoms with E-state index in [1.165, 1.54) is 0 Å². The van der Waals surface area contributed by atoms with Crippen LogP contribution in [0.4, 0.5) is 0 Å². The van der Waals surface area contributed by atoms with Crippen molar-refractivity contribution in [1.29, 1.82) is 0 Å². The van der Waals surface area contributed by atoms with Crippen LogP contribution in [-0.4, -0.2) is 60.9 Å². The van der Waals surface area contributed by atoms with E-state index in [2.05, 4.69) is 23.7 Å². The summed E-state index contributed by atoms with van der Waals surface area (Å²) in [5.41, 5.74) is 0. The molecule has 5 heteroatoms. The smallest absolute Gasteiger partial charge is 0.311 e. The highest BCUT2D eigenvalue weighted by Crippen LogP contribution is 2.01. The van der Waals surface area contributed by atoms with E-state index in [4.69, 9.17) is 0 Å². The van der Waals surface area contributed by atoms with Gasteiger partial charge in [0.1, 0.15) is 0 Å². The Hall–Kier alpha value is -1.36. The Balaban J connectivity index is 2.37. The first-order valence-electron chi connectivity index (χ1n) is 5.59. The fourth-order valence-electron chi connectivity index (χ4n) is 1.65. The highest BCUT2D eigenvalue weighted by molar-refractivity contribution is 6.35. The molecular weight excluding hydrogens is 206 g/mol. The van der Waals surface area contributed by atoms with E-state index in [-0.39, 0.29) is 0 Å². The first-order chi connectivity index (χ1) is 7.69. The minimum absolute atomic E-state index is 0.333. The van der Waals surface area contributed by atoms with Gasteiger partial charge in [-0.05, 0) is 6.54 Å². The SMILES string of the molecule is C=CCNC(=O)C(=O)N1CCN(CC)CC1. The van der Waals surface area contributed by atoms with E-state index in [0.717, 1.165) is 19.6 Å². The zero-order valence-corrected chi connectivity index (χ0v) is 9.74. The lowest BCUT2D eigenvalue weighted by Crippen LogP contribution is -2.52. The molecule has 1 fully saturated rings. The van der Waals surface area contributed by atoms with Crippen molar-refractivity contribution in [2.45, 2.75) is 6.92 Å². The van der Waals surface area contributed by atoms with Crippen molar-refractivity contribution in [2.75, 3.05) is 39.3 Å². The number of hydrogen-bond acceptors (Lipinski definition) is 3. The van der Waals surface area contributed by atoms with Gasteiger partial charge in [-0.1, -0.05) is 13.0 Å². The second kappa shape index (κ2) is 6.27. The van der Waals surface area contributed by atoms with Crippen molar-refractivity contribution < 1.29 is 9.59 Å². The van der Waals surface area contributed by atoms with Crippen molar-refractivity contribution in [3.8, 4) is 0 Å². The predicted octanol–water partition coefficient (Wildman–Crippen LogP) is -0.547. The first-order valence-corrected chi connectivity index (χ1v) is 5.59. The van der Waals surface area contributed by atoms with Crippen molar-refractivity contribution in [3.63, 3.8) is 0 Å². The zero-order valence-electron chi connectivity index (χ0n) is 9.74. The molecule has 0 aromatic carbocycles. The Kier molecular flexibility index (Phi) is 4.98. The molecule has 1 aliphatic rings. The van der Waals surface area contributed by atoms with Crippen LogP contribution in [0, 0.1) is 0 Å². The Morgan fingerprint density at radius 3 is 2.44 bits per heavy atom. The third-order valence-corrected chi connectivity index (χ3v) is 2.71. The van der Waals surface area contributed by atoms with Gasteiger partial charge in [-0.15, -0.1) is 6.58 Å². The zero-order chi connectivity index (χ0) is 12.0. The standard InChI is InChI=1S/C11H19N3O2/c1-3-5-12-10(15)11(16)14-8-6-13(4-2)7-9-14/h3H,1,4-9H2,2H3,(H,12,15). The lowest BCUT2D eigenvalue weighted by Gasteiger charge is -2.33. The van der Waals surface area contributed by atoms with Gasteiger partial charge < -0.3 is 15.1 Å². The minimum atomic E-state index is -0.537. The molecular formula is C11H19N3O2. The molecule has 16 heavy (non-hydrogen) atoms. The summed E-state index contributed by atoms with van der Waals surface area (Å²) in [6.07, 6.45) is 1.56. The van der Waals surface area contributed by atoms with Gasteiger partial charge in [-0.2, -0.15) is 0 Å². The van der Waals surface area contributed by atoms with Crippen LogP contribution in [-0.2, 0) is 9.59 Å². The monoisotopic (exact) mass is 225 g/mol. The summed E-state index contributed by atoms with van der Waals surface area (Å²) in [6.45, 7) is 9.85. The number of nitrogens with one attached hydrogen (secondary N) is 1. The molecule has 1 saturated heterocycles. The summed E-state index contributed by atoms with van der Waals surface area (Å²) in [6, 6.07) is 0. The summed E-state index contributed by atoms with van der Waals surface area (Å²) in [5.74, 6) is -0.970. The molecule has 1 heterocycles. The number of nitrogens with zero attached hydrogens (tertiary/aromatic N) is 2. The Labute approximate surface area is 96.1 Å². The van der Waals surface area contributed by atoms with Crippen LogP contribution in [0.5, 0.6) is 0 Å². The molecule has 0 aliphatic carbocycles. The van der Waals surface area contributed by atoms with Gasteiger partial charge in [0, 0.05) is 32.7 Å². The number of likely N-dealkylation sites (N-methyl/N-ethyl adjacent to an activating group) is 1. The molecule has 5 nitrogen and oxygen atoms in total. The highest BCUT2D eigenvalue weighted by Gasteiger charge is 2.24. The molecule has 0 aromatic heterocycles. The number of hydrogen-bond donors (Lipinski definition) is 1. The molecule has 1 rings (SSSR count). The molecule has 90 valence electrons. The van der Waals surface area contributed by atoms with E-state index in [1.807, 2.05) is 0 Å². The minimum Gasteiger partial charge on any atom is -0.344 e. The average molecular weight is 225 g/mol. The second-order valence-corrected chi connectivity index (χ2v) is 3.73. The van der Waals surface area contributed by atoms with E-state index < -0.39 is 11.8 Å². The molecule has 0 spiro atoms. The van der Waals surface area contributed by atoms with Crippen LogP contribution in [0.2, 0.25) is 0 Å². The summed E-state index contributed by atoms with van der Waals surface area (Å²) in [5, 5.41) is 2.49. The lowest BCUT2D eigenvalue weighted by molar-refractivity contribution is -0.146. The third kappa shape index (κ3) is 3.34. The normalized spacial score (nSPS) is 16.9. The number of piperazine rings is 1. The van der Waals surface area contributed by atoms with Crippen molar-refractivity contribution >= 4 is 11.8 Å². The fraction of sp³-hybridized carbons (Fsp3) is 0.636.